The molecule has 5 N–H and O–H groups in total. The number of esters is 3. The van der Waals surface area contributed by atoms with Crippen molar-refractivity contribution in [3.05, 3.63) is 29.8 Å². The Balaban J connectivity index is 1.85. The summed E-state index contributed by atoms with van der Waals surface area (Å²) in [5, 5.41) is 3.07. The van der Waals surface area contributed by atoms with Crippen molar-refractivity contribution in [1.29, 1.82) is 0 Å². The summed E-state index contributed by atoms with van der Waals surface area (Å²) in [5.74, 6) is -1.53. The highest BCUT2D eigenvalue weighted by Crippen LogP contribution is 2.16. The van der Waals surface area contributed by atoms with E-state index < -0.39 is 24.0 Å². The fourth-order valence-corrected chi connectivity index (χ4v) is 2.37. The molecule has 8 heteroatoms. The molecule has 136 valence electrons. The molecule has 1 aromatic carbocycles. The van der Waals surface area contributed by atoms with Crippen molar-refractivity contribution in [1.82, 2.24) is 5.32 Å². The average molecular weight is 349 g/mol. The van der Waals surface area contributed by atoms with Gasteiger partial charge >= 0.3 is 17.9 Å². The molecule has 0 bridgehead atoms. The first-order valence-electron chi connectivity index (χ1n) is 8.17. The molecule has 1 aromatic rings. The molecule has 25 heavy (non-hydrogen) atoms. The number of hydrogen-bond acceptors (Lipinski definition) is 8. The maximum Gasteiger partial charge on any atom is 0.330 e. The van der Waals surface area contributed by atoms with Gasteiger partial charge in [-0.25, -0.2) is 14.4 Å². The second kappa shape index (κ2) is 8.70. The third-order valence-electron chi connectivity index (χ3n) is 3.82. The Morgan fingerprint density at radius 2 is 1.88 bits per heavy atom. The van der Waals surface area contributed by atoms with Crippen LogP contribution in [0.15, 0.2) is 24.3 Å². The molecule has 1 aliphatic heterocycles. The molecule has 3 atom stereocenters. The summed E-state index contributed by atoms with van der Waals surface area (Å²) in [6.07, 6.45) is 1.91. The van der Waals surface area contributed by atoms with Gasteiger partial charge in [0.25, 0.3) is 0 Å². The highest BCUT2D eigenvalue weighted by atomic mass is 16.6. The fourth-order valence-electron chi connectivity index (χ4n) is 2.37. The maximum absolute atomic E-state index is 11.9. The lowest BCUT2D eigenvalue weighted by Gasteiger charge is -2.13. The minimum Gasteiger partial charge on any atom is -0.425 e. The summed E-state index contributed by atoms with van der Waals surface area (Å²) in [5.41, 5.74) is 11.8. The van der Waals surface area contributed by atoms with Gasteiger partial charge < -0.3 is 26.3 Å². The SMILES string of the molecule is C[C@H](N)C(=O)OC(=O)[C@@H](N)Cc1ccc(OC(=O)[C@@H]2CCCN2)cc1. The van der Waals surface area contributed by atoms with E-state index in [0.29, 0.717) is 5.75 Å². The summed E-state index contributed by atoms with van der Waals surface area (Å²) in [4.78, 5) is 34.9. The summed E-state index contributed by atoms with van der Waals surface area (Å²) in [6, 6.07) is 4.53. The minimum atomic E-state index is -0.987. The molecule has 2 rings (SSSR count). The van der Waals surface area contributed by atoms with Crippen molar-refractivity contribution in [2.75, 3.05) is 6.54 Å². The van der Waals surface area contributed by atoms with Gasteiger partial charge in [-0.3, -0.25) is 0 Å². The molecule has 0 amide bonds. The molecule has 0 saturated carbocycles. The van der Waals surface area contributed by atoms with Gasteiger partial charge in [-0.1, -0.05) is 12.1 Å². The molecule has 8 nitrogen and oxygen atoms in total. The van der Waals surface area contributed by atoms with Crippen LogP contribution >= 0.6 is 0 Å². The van der Waals surface area contributed by atoms with Crippen LogP contribution in [0.5, 0.6) is 5.75 Å². The van der Waals surface area contributed by atoms with Crippen LogP contribution in [0.25, 0.3) is 0 Å². The Bertz CT molecular complexity index is 624. The van der Waals surface area contributed by atoms with E-state index in [1.807, 2.05) is 0 Å². The van der Waals surface area contributed by atoms with Gasteiger partial charge in [-0.05, 0) is 50.4 Å². The summed E-state index contributed by atoms with van der Waals surface area (Å²) < 4.78 is 9.88. The zero-order chi connectivity index (χ0) is 18.4. The topological polar surface area (TPSA) is 134 Å². The van der Waals surface area contributed by atoms with Gasteiger partial charge in [0.15, 0.2) is 0 Å². The number of ether oxygens (including phenoxy) is 2. The summed E-state index contributed by atoms with van der Waals surface area (Å²) in [6.45, 7) is 2.24. The second-order valence-corrected chi connectivity index (χ2v) is 6.05. The molecule has 0 aromatic heterocycles. The first-order valence-corrected chi connectivity index (χ1v) is 8.17. The molecule has 0 aliphatic carbocycles. The van der Waals surface area contributed by atoms with Crippen LogP contribution < -0.4 is 21.5 Å². The monoisotopic (exact) mass is 349 g/mol. The molecular weight excluding hydrogens is 326 g/mol. The number of hydrogen-bond donors (Lipinski definition) is 3. The van der Waals surface area contributed by atoms with E-state index in [-0.39, 0.29) is 18.4 Å². The summed E-state index contributed by atoms with van der Waals surface area (Å²) >= 11 is 0. The van der Waals surface area contributed by atoms with Crippen molar-refractivity contribution in [3.8, 4) is 5.75 Å². The van der Waals surface area contributed by atoms with Crippen molar-refractivity contribution in [3.63, 3.8) is 0 Å². The van der Waals surface area contributed by atoms with E-state index >= 15 is 0 Å². The summed E-state index contributed by atoms with van der Waals surface area (Å²) in [7, 11) is 0. The van der Waals surface area contributed by atoms with Crippen LogP contribution in [-0.4, -0.2) is 42.6 Å². The molecule has 1 saturated heterocycles. The number of rotatable bonds is 6. The normalized spacial score (nSPS) is 19.1. The maximum atomic E-state index is 11.9. The van der Waals surface area contributed by atoms with Gasteiger partial charge in [0.1, 0.15) is 23.9 Å². The zero-order valence-electron chi connectivity index (χ0n) is 14.1. The Morgan fingerprint density at radius 1 is 1.20 bits per heavy atom. The Morgan fingerprint density at radius 3 is 2.44 bits per heavy atom. The van der Waals surface area contributed by atoms with Crippen LogP contribution in [-0.2, 0) is 25.5 Å². The molecule has 1 fully saturated rings. The van der Waals surface area contributed by atoms with Crippen LogP contribution in [0.4, 0.5) is 0 Å². The first-order chi connectivity index (χ1) is 11.9. The minimum absolute atomic E-state index is 0.184. The Hall–Kier alpha value is -2.29. The Labute approximate surface area is 145 Å². The van der Waals surface area contributed by atoms with Gasteiger partial charge in [0.2, 0.25) is 0 Å². The lowest BCUT2D eigenvalue weighted by atomic mass is 10.1. The largest absolute Gasteiger partial charge is 0.425 e. The quantitative estimate of drug-likeness (QED) is 0.360. The third kappa shape index (κ3) is 5.63. The second-order valence-electron chi connectivity index (χ2n) is 6.05. The van der Waals surface area contributed by atoms with Crippen LogP contribution in [0.2, 0.25) is 0 Å². The van der Waals surface area contributed by atoms with Crippen molar-refractivity contribution >= 4 is 17.9 Å². The predicted octanol–water partition coefficient (Wildman–Crippen LogP) is -0.369. The lowest BCUT2D eigenvalue weighted by Crippen LogP contribution is -2.39. The lowest BCUT2D eigenvalue weighted by molar-refractivity contribution is -0.161. The zero-order valence-corrected chi connectivity index (χ0v) is 14.1. The number of benzene rings is 1. The van der Waals surface area contributed by atoms with E-state index in [1.54, 1.807) is 24.3 Å². The fraction of sp³-hybridized carbons (Fsp3) is 0.471. The molecule has 0 spiro atoms. The van der Waals surface area contributed by atoms with Crippen molar-refractivity contribution < 1.29 is 23.9 Å². The standard InChI is InChI=1S/C17H23N3O5/c1-10(18)15(21)25-16(22)13(19)9-11-4-6-12(7-5-11)24-17(23)14-3-2-8-20-14/h4-7,10,13-14,20H,2-3,8-9,18-19H2,1H3/t10-,13-,14-/m0/s1. The van der Waals surface area contributed by atoms with E-state index in [4.69, 9.17) is 16.2 Å². The smallest absolute Gasteiger partial charge is 0.330 e. The first kappa shape index (κ1) is 19.0. The number of carbonyl (C=O) groups is 3. The van der Waals surface area contributed by atoms with Gasteiger partial charge in [0, 0.05) is 0 Å². The van der Waals surface area contributed by atoms with Crippen LogP contribution in [0.1, 0.15) is 25.3 Å². The highest BCUT2D eigenvalue weighted by Gasteiger charge is 2.24. The van der Waals surface area contributed by atoms with Crippen molar-refractivity contribution in [2.24, 2.45) is 11.5 Å². The Kier molecular flexibility index (Phi) is 6.63. The van der Waals surface area contributed by atoms with E-state index in [1.165, 1.54) is 6.92 Å². The van der Waals surface area contributed by atoms with Crippen LogP contribution in [0, 0.1) is 0 Å². The average Bonchev–Trinajstić information content (AvgIpc) is 3.11. The number of nitrogens with one attached hydrogen (secondary N) is 1. The molecule has 1 aliphatic rings. The number of carbonyl (C=O) groups excluding carboxylic acids is 3. The van der Waals surface area contributed by atoms with Gasteiger partial charge in [-0.15, -0.1) is 0 Å². The van der Waals surface area contributed by atoms with Gasteiger partial charge in [-0.2, -0.15) is 0 Å². The highest BCUT2D eigenvalue weighted by molar-refractivity contribution is 5.90. The molecular formula is C17H23N3O5. The van der Waals surface area contributed by atoms with Crippen molar-refractivity contribution in [2.45, 2.75) is 44.3 Å². The van der Waals surface area contributed by atoms with E-state index in [2.05, 4.69) is 10.1 Å². The molecule has 0 radical (unpaired) electrons. The van der Waals surface area contributed by atoms with Crippen LogP contribution in [0.3, 0.4) is 0 Å². The third-order valence-corrected chi connectivity index (χ3v) is 3.82. The van der Waals surface area contributed by atoms with E-state index in [9.17, 15) is 14.4 Å². The number of nitrogens with two attached hydrogens (primary N) is 2. The molecule has 1 heterocycles. The molecule has 0 unspecified atom stereocenters. The van der Waals surface area contributed by atoms with E-state index in [0.717, 1.165) is 24.9 Å². The predicted molar refractivity (Wildman–Crippen MR) is 89.5 cm³/mol. The van der Waals surface area contributed by atoms with Gasteiger partial charge in [0.05, 0.1) is 0 Å².